The molecule has 0 fully saturated rings. The van der Waals surface area contributed by atoms with E-state index in [4.69, 9.17) is 0 Å². The van der Waals surface area contributed by atoms with E-state index in [1.165, 1.54) is 24.7 Å². The Morgan fingerprint density at radius 1 is 0.700 bits per heavy atom. The Labute approximate surface area is 132 Å². The van der Waals surface area contributed by atoms with Crippen molar-refractivity contribution < 1.29 is 19.2 Å². The first kappa shape index (κ1) is 14.9. The van der Waals surface area contributed by atoms with Crippen LogP contribution in [-0.2, 0) is 24.6 Å². The Kier molecular flexibility index (Phi) is 4.67. The summed E-state index contributed by atoms with van der Waals surface area (Å²) in [5.74, 6) is 6.41. The number of rotatable bonds is 0. The molecule has 0 bridgehead atoms. The zero-order valence-corrected chi connectivity index (χ0v) is 15.0. The van der Waals surface area contributed by atoms with Crippen LogP contribution < -0.4 is 0 Å². The van der Waals surface area contributed by atoms with Crippen molar-refractivity contribution in [3.8, 4) is 16.0 Å². The molecule has 2 aromatic rings. The first-order valence-corrected chi connectivity index (χ1v) is 8.06. The minimum absolute atomic E-state index is 0.191. The molecule has 0 aliphatic rings. The summed E-state index contributed by atoms with van der Waals surface area (Å²) in [7, 11) is 0. The fourth-order valence-corrected chi connectivity index (χ4v) is 2.31. The molecular weight excluding hydrogens is 412 g/mol. The van der Waals surface area contributed by atoms with Crippen LogP contribution in [0.2, 0.25) is 0 Å². The van der Waals surface area contributed by atoms with Gasteiger partial charge in [-0.25, -0.2) is 0 Å². The molecule has 0 aliphatic heterocycles. The summed E-state index contributed by atoms with van der Waals surface area (Å²) in [6.07, 6.45) is 0. The van der Waals surface area contributed by atoms with Gasteiger partial charge in [0.1, 0.15) is 0 Å². The molecular formula is C19H17W. The van der Waals surface area contributed by atoms with Crippen molar-refractivity contribution in [3.63, 3.8) is 0 Å². The number of hydrogen-bond donors (Lipinski definition) is 0. The van der Waals surface area contributed by atoms with Gasteiger partial charge in [0.25, 0.3) is 0 Å². The molecule has 20 heavy (non-hydrogen) atoms. The van der Waals surface area contributed by atoms with Crippen molar-refractivity contribution in [2.45, 2.75) is 26.2 Å². The first-order valence-electron chi connectivity index (χ1n) is 6.60. The summed E-state index contributed by atoms with van der Waals surface area (Å²) in [6, 6.07) is 16.7. The Hall–Kier alpha value is -1.53. The van der Waals surface area contributed by atoms with E-state index in [2.05, 4.69) is 73.2 Å². The summed E-state index contributed by atoms with van der Waals surface area (Å²) < 4.78 is 3.18. The fourth-order valence-electron chi connectivity index (χ4n) is 1.82. The third kappa shape index (κ3) is 3.98. The summed E-state index contributed by atoms with van der Waals surface area (Å²) in [5, 5.41) is 0. The van der Waals surface area contributed by atoms with E-state index in [1.54, 1.807) is 0 Å². The van der Waals surface area contributed by atoms with Gasteiger partial charge < -0.3 is 0 Å². The van der Waals surface area contributed by atoms with Crippen LogP contribution in [-0.4, -0.2) is 0 Å². The maximum atomic E-state index is 3.21. The third-order valence-electron chi connectivity index (χ3n) is 3.10. The van der Waals surface area contributed by atoms with Crippen LogP contribution in [0, 0.1) is 16.0 Å². The van der Waals surface area contributed by atoms with Crippen molar-refractivity contribution in [3.05, 3.63) is 70.8 Å². The van der Waals surface area contributed by atoms with Crippen LogP contribution in [0.15, 0.2) is 48.5 Å². The maximum absolute atomic E-state index is 3.21. The van der Waals surface area contributed by atoms with Crippen molar-refractivity contribution in [1.82, 2.24) is 0 Å². The zero-order valence-electron chi connectivity index (χ0n) is 12.0. The van der Waals surface area contributed by atoms with Gasteiger partial charge in [-0.05, 0) is 0 Å². The molecule has 0 radical (unpaired) electrons. The van der Waals surface area contributed by atoms with Crippen molar-refractivity contribution in [2.75, 3.05) is 0 Å². The second kappa shape index (κ2) is 6.28. The average Bonchev–Trinajstić information content (AvgIpc) is 2.45. The predicted octanol–water partition coefficient (Wildman–Crippen LogP) is 4.24. The van der Waals surface area contributed by atoms with Crippen LogP contribution in [0.3, 0.4) is 0 Å². The molecule has 0 atom stereocenters. The fraction of sp³-hybridized carbons (Fsp3) is 0.211. The molecule has 0 amide bonds. The Morgan fingerprint density at radius 3 is 1.50 bits per heavy atom. The van der Waals surface area contributed by atoms with Gasteiger partial charge >= 0.3 is 111 Å². The molecule has 0 N–H and O–H groups in total. The van der Waals surface area contributed by atoms with Gasteiger partial charge in [0.2, 0.25) is 0 Å². The van der Waals surface area contributed by atoms with E-state index in [-0.39, 0.29) is 5.41 Å². The van der Waals surface area contributed by atoms with Crippen LogP contribution in [0.1, 0.15) is 43.0 Å². The van der Waals surface area contributed by atoms with Gasteiger partial charge in [0.15, 0.2) is 0 Å². The van der Waals surface area contributed by atoms with Gasteiger partial charge in [-0.1, -0.05) is 20.8 Å². The zero-order chi connectivity index (χ0) is 14.6. The molecule has 0 spiro atoms. The van der Waals surface area contributed by atoms with Crippen LogP contribution in [0.5, 0.6) is 0 Å². The standard InChI is InChI=1S/C19H17.W/c1-15-5-7-16(8-6-15)9-10-17-11-13-18(14-12-17)19(2,3)4;/h5-8,11-14H,2-4H3;. The predicted molar refractivity (Wildman–Crippen MR) is 80.6 cm³/mol. The minimum atomic E-state index is 0.191. The van der Waals surface area contributed by atoms with E-state index in [9.17, 15) is 0 Å². The number of benzene rings is 2. The van der Waals surface area contributed by atoms with Crippen molar-refractivity contribution >= 4 is 0 Å². The Morgan fingerprint density at radius 2 is 1.10 bits per heavy atom. The van der Waals surface area contributed by atoms with Crippen molar-refractivity contribution in [1.29, 1.82) is 0 Å². The van der Waals surface area contributed by atoms with E-state index in [0.29, 0.717) is 0 Å². The Balaban J connectivity index is 2.18. The molecule has 2 aromatic carbocycles. The molecule has 0 saturated carbocycles. The van der Waals surface area contributed by atoms with E-state index in [1.807, 2.05) is 12.1 Å². The van der Waals surface area contributed by atoms with E-state index >= 15 is 0 Å². The summed E-state index contributed by atoms with van der Waals surface area (Å²) in [5.41, 5.74) is 4.76. The Bertz CT molecular complexity index is 681. The van der Waals surface area contributed by atoms with E-state index in [0.717, 1.165) is 16.7 Å². The second-order valence-electron chi connectivity index (χ2n) is 5.76. The van der Waals surface area contributed by atoms with Crippen LogP contribution in [0.4, 0.5) is 0 Å². The molecule has 0 heterocycles. The molecule has 2 rings (SSSR count). The molecule has 1 heteroatoms. The molecule has 0 nitrogen and oxygen atoms in total. The van der Waals surface area contributed by atoms with Crippen LogP contribution in [0.25, 0.3) is 0 Å². The molecule has 0 aliphatic carbocycles. The van der Waals surface area contributed by atoms with Gasteiger partial charge in [0, 0.05) is 0 Å². The third-order valence-corrected chi connectivity index (χ3v) is 3.95. The molecule has 0 aromatic heterocycles. The summed E-state index contributed by atoms with van der Waals surface area (Å²) in [6.45, 7) is 6.66. The number of hydrogen-bond acceptors (Lipinski definition) is 0. The van der Waals surface area contributed by atoms with Gasteiger partial charge in [-0.2, -0.15) is 0 Å². The van der Waals surface area contributed by atoms with Crippen molar-refractivity contribution in [2.24, 2.45) is 0 Å². The first-order chi connectivity index (χ1) is 9.49. The summed E-state index contributed by atoms with van der Waals surface area (Å²) >= 11 is 1.35. The normalized spacial score (nSPS) is 10.3. The van der Waals surface area contributed by atoms with Gasteiger partial charge in [-0.3, -0.25) is 0 Å². The second-order valence-corrected chi connectivity index (χ2v) is 6.49. The summed E-state index contributed by atoms with van der Waals surface area (Å²) in [4.78, 5) is 0. The topological polar surface area (TPSA) is 0 Å². The quantitative estimate of drug-likeness (QED) is 0.550. The molecule has 0 saturated heterocycles. The monoisotopic (exact) mass is 429 g/mol. The SMILES string of the molecule is CC(C)(C)c1ccc(C#Cc2ccc([C]#[W])cc2)cc1. The van der Waals surface area contributed by atoms with Crippen LogP contribution >= 0.6 is 0 Å². The van der Waals surface area contributed by atoms with Gasteiger partial charge in [-0.15, -0.1) is 0 Å². The van der Waals surface area contributed by atoms with E-state index < -0.39 is 0 Å². The average molecular weight is 429 g/mol. The van der Waals surface area contributed by atoms with Gasteiger partial charge in [0.05, 0.1) is 0 Å². The molecule has 99 valence electrons. The molecule has 0 unspecified atom stereocenters.